The van der Waals surface area contributed by atoms with E-state index in [1.54, 1.807) is 0 Å². The van der Waals surface area contributed by atoms with Crippen LogP contribution in [0.4, 0.5) is 0 Å². The normalized spacial score (nSPS) is 11.4. The largest absolute Gasteiger partial charge is 0.481 e. The molecule has 0 saturated carbocycles. The molecule has 1 atom stereocenters. The third-order valence-electron chi connectivity index (χ3n) is 0.986. The molecule has 11 heavy (non-hydrogen) atoms. The van der Waals surface area contributed by atoms with Crippen LogP contribution in [0.3, 0.4) is 0 Å². The fourth-order valence-electron chi connectivity index (χ4n) is 0.402. The summed E-state index contributed by atoms with van der Waals surface area (Å²) < 4.78 is 0. The fraction of sp³-hybridized carbons (Fsp3) is 0.600. The van der Waals surface area contributed by atoms with Gasteiger partial charge in [0.05, 0.1) is 0 Å². The molecule has 0 aromatic carbocycles. The van der Waals surface area contributed by atoms with Crippen LogP contribution in [0.1, 0.15) is 12.8 Å². The van der Waals surface area contributed by atoms with Gasteiger partial charge in [0.1, 0.15) is 6.04 Å². The van der Waals surface area contributed by atoms with Gasteiger partial charge < -0.3 is 15.9 Å². The zero-order chi connectivity index (χ0) is 8.15. The van der Waals surface area contributed by atoms with Crippen LogP contribution in [0, 0.1) is 0 Å². The van der Waals surface area contributed by atoms with Crippen molar-refractivity contribution >= 4 is 29.0 Å². The smallest absolute Gasteiger partial charge is 0.320 e. The van der Waals surface area contributed by atoms with Crippen LogP contribution in [-0.4, -0.2) is 45.3 Å². The van der Waals surface area contributed by atoms with Crippen molar-refractivity contribution < 1.29 is 19.8 Å². The number of rotatable bonds is 4. The van der Waals surface area contributed by atoms with Gasteiger partial charge in [-0.3, -0.25) is 9.59 Å². The van der Waals surface area contributed by atoms with E-state index in [0.717, 1.165) is 0 Å². The van der Waals surface area contributed by atoms with Crippen LogP contribution >= 0.6 is 0 Å². The zero-order valence-electron chi connectivity index (χ0n) is 5.69. The van der Waals surface area contributed by atoms with Crippen LogP contribution in [-0.2, 0) is 9.59 Å². The second kappa shape index (κ2) is 6.15. The van der Waals surface area contributed by atoms with E-state index in [4.69, 9.17) is 15.9 Å². The Morgan fingerprint density at radius 2 is 1.82 bits per heavy atom. The molecule has 0 aliphatic rings. The van der Waals surface area contributed by atoms with Gasteiger partial charge in [0.25, 0.3) is 0 Å². The molecule has 0 aliphatic carbocycles. The molecular formula is C5H9NO4Se. The van der Waals surface area contributed by atoms with E-state index in [-0.39, 0.29) is 29.9 Å². The van der Waals surface area contributed by atoms with Gasteiger partial charge in [0.15, 0.2) is 0 Å². The standard InChI is InChI=1S/C5H9NO4.Se/c6-3(5(9)10)1-2-4(7)8;/h3H,1-2,6H2,(H,7,8)(H,9,10);/t3-;/m0./s1. The summed E-state index contributed by atoms with van der Waals surface area (Å²) in [6.45, 7) is 0. The van der Waals surface area contributed by atoms with Crippen LogP contribution in [0.5, 0.6) is 0 Å². The first kappa shape index (κ1) is 13.0. The SMILES string of the molecule is N[C@@H](CCC(=O)O)C(=O)O.[Se]. The van der Waals surface area contributed by atoms with Crippen molar-refractivity contribution in [2.75, 3.05) is 0 Å². The monoisotopic (exact) mass is 227 g/mol. The van der Waals surface area contributed by atoms with Gasteiger partial charge in [0.2, 0.25) is 0 Å². The average Bonchev–Trinajstić information content (AvgIpc) is 1.82. The summed E-state index contributed by atoms with van der Waals surface area (Å²) in [6.07, 6.45) is -0.224. The Morgan fingerprint density at radius 3 is 2.09 bits per heavy atom. The van der Waals surface area contributed by atoms with Crippen molar-refractivity contribution in [3.8, 4) is 0 Å². The summed E-state index contributed by atoms with van der Waals surface area (Å²) in [4.78, 5) is 19.9. The van der Waals surface area contributed by atoms with Gasteiger partial charge in [-0.2, -0.15) is 0 Å². The first-order valence-corrected chi connectivity index (χ1v) is 2.74. The van der Waals surface area contributed by atoms with Crippen LogP contribution in [0.15, 0.2) is 0 Å². The van der Waals surface area contributed by atoms with Gasteiger partial charge in [-0.25, -0.2) is 0 Å². The van der Waals surface area contributed by atoms with Gasteiger partial charge >= 0.3 is 11.9 Å². The summed E-state index contributed by atoms with van der Waals surface area (Å²) in [6, 6.07) is -1.06. The molecule has 0 heterocycles. The number of aliphatic carboxylic acids is 2. The van der Waals surface area contributed by atoms with Gasteiger partial charge in [-0.15, -0.1) is 0 Å². The Kier molecular flexibility index (Phi) is 7.29. The molecule has 2 radical (unpaired) electrons. The van der Waals surface area contributed by atoms with E-state index in [9.17, 15) is 9.59 Å². The van der Waals surface area contributed by atoms with Crippen molar-refractivity contribution in [2.24, 2.45) is 5.73 Å². The van der Waals surface area contributed by atoms with E-state index in [0.29, 0.717) is 0 Å². The Bertz CT molecular complexity index is 149. The van der Waals surface area contributed by atoms with Crippen molar-refractivity contribution in [3.63, 3.8) is 0 Å². The zero-order valence-corrected chi connectivity index (χ0v) is 7.40. The summed E-state index contributed by atoms with van der Waals surface area (Å²) in [5.74, 6) is -2.20. The molecular weight excluding hydrogens is 217 g/mol. The van der Waals surface area contributed by atoms with E-state index >= 15 is 0 Å². The minimum absolute atomic E-state index is 0. The predicted octanol–water partition coefficient (Wildman–Crippen LogP) is -1.12. The van der Waals surface area contributed by atoms with Crippen molar-refractivity contribution in [3.05, 3.63) is 0 Å². The minimum atomic E-state index is -1.17. The molecule has 4 N–H and O–H groups in total. The first-order valence-electron chi connectivity index (χ1n) is 2.74. The van der Waals surface area contributed by atoms with E-state index in [1.165, 1.54) is 0 Å². The maximum atomic E-state index is 9.99. The van der Waals surface area contributed by atoms with Crippen molar-refractivity contribution in [1.82, 2.24) is 0 Å². The molecule has 0 aromatic heterocycles. The third kappa shape index (κ3) is 7.31. The maximum Gasteiger partial charge on any atom is 0.320 e. The van der Waals surface area contributed by atoms with E-state index < -0.39 is 18.0 Å². The maximum absolute atomic E-state index is 9.99. The van der Waals surface area contributed by atoms with Gasteiger partial charge in [-0.1, -0.05) is 0 Å². The van der Waals surface area contributed by atoms with Crippen LogP contribution in [0.25, 0.3) is 0 Å². The summed E-state index contributed by atoms with van der Waals surface area (Å²) in [7, 11) is 0. The van der Waals surface area contributed by atoms with E-state index in [2.05, 4.69) is 0 Å². The molecule has 0 amide bonds. The molecule has 5 nitrogen and oxygen atoms in total. The predicted molar refractivity (Wildman–Crippen MR) is 38.2 cm³/mol. The molecule has 0 aliphatic heterocycles. The molecule has 0 fully saturated rings. The molecule has 0 saturated heterocycles. The summed E-state index contributed by atoms with van der Waals surface area (Å²) in [5, 5.41) is 16.3. The Balaban J connectivity index is 0. The quantitative estimate of drug-likeness (QED) is 0.527. The first-order chi connectivity index (χ1) is 4.54. The van der Waals surface area contributed by atoms with Gasteiger partial charge in [0, 0.05) is 23.5 Å². The fourth-order valence-corrected chi connectivity index (χ4v) is 0.402. The van der Waals surface area contributed by atoms with Crippen LogP contribution < -0.4 is 5.73 Å². The Morgan fingerprint density at radius 1 is 1.36 bits per heavy atom. The molecule has 6 heteroatoms. The summed E-state index contributed by atoms with van der Waals surface area (Å²) >= 11 is 0. The Hall–Kier alpha value is -0.581. The third-order valence-corrected chi connectivity index (χ3v) is 0.986. The average molecular weight is 226 g/mol. The molecule has 0 aromatic rings. The molecule has 0 rings (SSSR count). The molecule has 0 spiro atoms. The number of carbonyl (C=O) groups is 2. The number of hydrogen-bond acceptors (Lipinski definition) is 3. The minimum Gasteiger partial charge on any atom is -0.481 e. The number of nitrogens with two attached hydrogens (primary N) is 1. The van der Waals surface area contributed by atoms with Gasteiger partial charge in [-0.05, 0) is 6.42 Å². The number of carboxylic acids is 2. The van der Waals surface area contributed by atoms with Crippen molar-refractivity contribution in [1.29, 1.82) is 0 Å². The molecule has 0 bridgehead atoms. The number of hydrogen-bond donors (Lipinski definition) is 3. The van der Waals surface area contributed by atoms with Crippen LogP contribution in [0.2, 0.25) is 0 Å². The second-order valence-corrected chi connectivity index (χ2v) is 1.88. The molecule has 64 valence electrons. The second-order valence-electron chi connectivity index (χ2n) is 1.88. The Labute approximate surface area is 74.0 Å². The van der Waals surface area contributed by atoms with E-state index in [1.807, 2.05) is 0 Å². The van der Waals surface area contributed by atoms with Crippen molar-refractivity contribution in [2.45, 2.75) is 18.9 Å². The topological polar surface area (TPSA) is 101 Å². The number of carboxylic acid groups (broad SMARTS) is 2. The summed E-state index contributed by atoms with van der Waals surface area (Å²) in [5.41, 5.74) is 5.00. The molecule has 0 unspecified atom stereocenters.